The molecule has 190 valence electrons. The van der Waals surface area contributed by atoms with Crippen molar-refractivity contribution in [2.24, 2.45) is 17.8 Å². The third kappa shape index (κ3) is 5.33. The average Bonchev–Trinajstić information content (AvgIpc) is 3.63. The van der Waals surface area contributed by atoms with Crippen molar-refractivity contribution >= 4 is 21.9 Å². The van der Waals surface area contributed by atoms with Gasteiger partial charge in [-0.15, -0.1) is 0 Å². The fourth-order valence-electron chi connectivity index (χ4n) is 5.64. The predicted molar refractivity (Wildman–Crippen MR) is 134 cm³/mol. The third-order valence-corrected chi connectivity index (χ3v) is 9.29. The standard InChI is InChI=1S/C26H35N3O5S/c1-28-13-15-29(16-14-28)35(32,33)27-20-8-6-7-19(17-20)23(18-11-12-18)24-25(30)21-9-4-2-3-5-10-22(21)34-26(24)31/h3,5-8,10,17-18,21,23-25,27,30H,2,4,9,11-16H2,1H3. The Hall–Kier alpha value is -2.20. The minimum Gasteiger partial charge on any atom is -0.430 e. The molecule has 1 saturated carbocycles. The van der Waals surface area contributed by atoms with Gasteiger partial charge in [-0.2, -0.15) is 12.7 Å². The second-order valence-electron chi connectivity index (χ2n) is 10.3. The zero-order valence-electron chi connectivity index (χ0n) is 20.2. The summed E-state index contributed by atoms with van der Waals surface area (Å²) in [6.45, 7) is 2.28. The Bertz CT molecular complexity index is 1110. The minimum absolute atomic E-state index is 0.206. The summed E-state index contributed by atoms with van der Waals surface area (Å²) in [5, 5.41) is 11.4. The summed E-state index contributed by atoms with van der Waals surface area (Å²) in [6, 6.07) is 7.31. The normalized spacial score (nSPS) is 29.4. The molecule has 8 nitrogen and oxygen atoms in total. The number of esters is 1. The Balaban J connectivity index is 1.39. The van der Waals surface area contributed by atoms with Crippen LogP contribution in [0.3, 0.4) is 0 Å². The molecule has 2 heterocycles. The van der Waals surface area contributed by atoms with Gasteiger partial charge in [0.15, 0.2) is 0 Å². The molecule has 9 heteroatoms. The highest BCUT2D eigenvalue weighted by molar-refractivity contribution is 7.90. The number of carbonyl (C=O) groups excluding carboxylic acids is 1. The van der Waals surface area contributed by atoms with E-state index in [1.54, 1.807) is 12.1 Å². The Labute approximate surface area is 207 Å². The molecule has 0 bridgehead atoms. The molecule has 4 aliphatic rings. The molecule has 1 aromatic rings. The zero-order valence-corrected chi connectivity index (χ0v) is 21.0. The number of aliphatic hydroxyl groups is 1. The molecule has 2 aliphatic heterocycles. The van der Waals surface area contributed by atoms with Gasteiger partial charge in [0, 0.05) is 38.0 Å². The largest absolute Gasteiger partial charge is 0.430 e. The van der Waals surface area contributed by atoms with Crippen molar-refractivity contribution in [3.63, 3.8) is 0 Å². The van der Waals surface area contributed by atoms with Gasteiger partial charge < -0.3 is 14.7 Å². The van der Waals surface area contributed by atoms with Gasteiger partial charge in [0.1, 0.15) is 5.76 Å². The lowest BCUT2D eigenvalue weighted by atomic mass is 9.72. The first-order valence-corrected chi connectivity index (χ1v) is 14.1. The summed E-state index contributed by atoms with van der Waals surface area (Å²) >= 11 is 0. The highest BCUT2D eigenvalue weighted by atomic mass is 32.2. The van der Waals surface area contributed by atoms with E-state index in [1.165, 1.54) is 4.31 Å². The molecule has 35 heavy (non-hydrogen) atoms. The quantitative estimate of drug-likeness (QED) is 0.582. The molecular weight excluding hydrogens is 466 g/mol. The summed E-state index contributed by atoms with van der Waals surface area (Å²) in [4.78, 5) is 15.3. The van der Waals surface area contributed by atoms with Crippen LogP contribution in [-0.2, 0) is 19.7 Å². The lowest BCUT2D eigenvalue weighted by molar-refractivity contribution is -0.160. The number of hydrogen-bond donors (Lipinski definition) is 2. The van der Waals surface area contributed by atoms with Gasteiger partial charge in [-0.25, -0.2) is 0 Å². The Morgan fingerprint density at radius 2 is 1.91 bits per heavy atom. The summed E-state index contributed by atoms with van der Waals surface area (Å²) in [6.07, 6.45) is 9.52. The maximum atomic E-state index is 13.2. The molecule has 5 rings (SSSR count). The fourth-order valence-corrected chi connectivity index (χ4v) is 6.84. The van der Waals surface area contributed by atoms with Crippen LogP contribution in [0.4, 0.5) is 5.69 Å². The van der Waals surface area contributed by atoms with Crippen LogP contribution in [0.2, 0.25) is 0 Å². The van der Waals surface area contributed by atoms with Gasteiger partial charge in [-0.05, 0) is 68.8 Å². The maximum absolute atomic E-state index is 13.2. The number of piperazine rings is 1. The first kappa shape index (κ1) is 24.5. The highest BCUT2D eigenvalue weighted by Crippen LogP contribution is 2.51. The van der Waals surface area contributed by atoms with E-state index in [0.717, 1.165) is 37.7 Å². The monoisotopic (exact) mass is 501 g/mol. The van der Waals surface area contributed by atoms with Crippen molar-refractivity contribution in [3.05, 3.63) is 53.8 Å². The van der Waals surface area contributed by atoms with E-state index in [1.807, 2.05) is 31.3 Å². The summed E-state index contributed by atoms with van der Waals surface area (Å²) < 4.78 is 35.9. The third-order valence-electron chi connectivity index (χ3n) is 7.76. The molecule has 2 N–H and O–H groups in total. The van der Waals surface area contributed by atoms with Crippen molar-refractivity contribution in [1.82, 2.24) is 9.21 Å². The number of hydrogen-bond acceptors (Lipinski definition) is 6. The molecule has 4 unspecified atom stereocenters. The number of anilines is 1. The van der Waals surface area contributed by atoms with Crippen LogP contribution >= 0.6 is 0 Å². The summed E-state index contributed by atoms with van der Waals surface area (Å²) in [5.74, 6) is -0.661. The first-order chi connectivity index (χ1) is 16.8. The van der Waals surface area contributed by atoms with Gasteiger partial charge in [0.05, 0.1) is 17.7 Å². The second-order valence-corrected chi connectivity index (χ2v) is 11.9. The smallest absolute Gasteiger partial charge is 0.317 e. The van der Waals surface area contributed by atoms with Crippen LogP contribution in [0.1, 0.15) is 43.6 Å². The van der Waals surface area contributed by atoms with Crippen LogP contribution in [0, 0.1) is 17.8 Å². The van der Waals surface area contributed by atoms with Crippen LogP contribution < -0.4 is 4.72 Å². The molecule has 2 saturated heterocycles. The number of carbonyl (C=O) groups is 1. The van der Waals surface area contributed by atoms with E-state index in [2.05, 4.69) is 15.7 Å². The lowest BCUT2D eigenvalue weighted by Gasteiger charge is -2.39. The van der Waals surface area contributed by atoms with E-state index in [-0.39, 0.29) is 17.8 Å². The molecular formula is C26H35N3O5S. The van der Waals surface area contributed by atoms with E-state index < -0.39 is 28.2 Å². The second kappa shape index (κ2) is 10.0. The number of rotatable bonds is 6. The van der Waals surface area contributed by atoms with Gasteiger partial charge in [-0.3, -0.25) is 9.52 Å². The number of likely N-dealkylation sites (N-methyl/N-ethyl adjacent to an activating group) is 1. The van der Waals surface area contributed by atoms with Gasteiger partial charge >= 0.3 is 16.2 Å². The first-order valence-electron chi connectivity index (χ1n) is 12.7. The molecule has 0 spiro atoms. The Morgan fingerprint density at radius 3 is 2.66 bits per heavy atom. The van der Waals surface area contributed by atoms with Crippen LogP contribution in [-0.4, -0.2) is 68.0 Å². The van der Waals surface area contributed by atoms with Crippen molar-refractivity contribution in [2.75, 3.05) is 37.9 Å². The number of allylic oxidation sites excluding steroid dienone is 3. The molecule has 3 fully saturated rings. The van der Waals surface area contributed by atoms with Crippen LogP contribution in [0.15, 0.2) is 48.3 Å². The van der Waals surface area contributed by atoms with Crippen LogP contribution in [0.25, 0.3) is 0 Å². The highest BCUT2D eigenvalue weighted by Gasteiger charge is 2.50. The van der Waals surface area contributed by atoms with E-state index in [9.17, 15) is 18.3 Å². The number of benzene rings is 1. The van der Waals surface area contributed by atoms with Crippen molar-refractivity contribution in [1.29, 1.82) is 0 Å². The Kier molecular flexibility index (Phi) is 7.03. The van der Waals surface area contributed by atoms with Crippen LogP contribution in [0.5, 0.6) is 0 Å². The molecule has 1 aromatic carbocycles. The number of nitrogens with one attached hydrogen (secondary N) is 1. The molecule has 0 amide bonds. The molecule has 0 aromatic heterocycles. The predicted octanol–water partition coefficient (Wildman–Crippen LogP) is 2.86. The van der Waals surface area contributed by atoms with E-state index in [4.69, 9.17) is 4.74 Å². The fraction of sp³-hybridized carbons (Fsp3) is 0.577. The van der Waals surface area contributed by atoms with Gasteiger partial charge in [0.2, 0.25) is 0 Å². The molecule has 4 atom stereocenters. The number of fused-ring (bicyclic) bond motifs is 1. The van der Waals surface area contributed by atoms with Crippen molar-refractivity contribution < 1.29 is 23.1 Å². The SMILES string of the molecule is CN1CCN(S(=O)(=O)Nc2cccc(C(C3CC3)C3C(=O)OC4=CC=CCCCC4C3O)c2)CC1. The molecule has 0 radical (unpaired) electrons. The van der Waals surface area contributed by atoms with E-state index >= 15 is 0 Å². The summed E-state index contributed by atoms with van der Waals surface area (Å²) in [5.41, 5.74) is 1.34. The Morgan fingerprint density at radius 1 is 1.14 bits per heavy atom. The zero-order chi connectivity index (χ0) is 24.6. The van der Waals surface area contributed by atoms with Gasteiger partial charge in [-0.1, -0.05) is 24.3 Å². The minimum atomic E-state index is -3.67. The maximum Gasteiger partial charge on any atom is 0.317 e. The number of ether oxygens (including phenoxy) is 1. The van der Waals surface area contributed by atoms with Gasteiger partial charge in [0.25, 0.3) is 0 Å². The molecule has 2 aliphatic carbocycles. The van der Waals surface area contributed by atoms with E-state index in [0.29, 0.717) is 37.6 Å². The number of nitrogens with zero attached hydrogens (tertiary/aromatic N) is 2. The lowest BCUT2D eigenvalue weighted by Crippen LogP contribution is -2.48. The van der Waals surface area contributed by atoms with Crippen molar-refractivity contribution in [3.8, 4) is 0 Å². The number of aliphatic hydroxyl groups excluding tert-OH is 1. The topological polar surface area (TPSA) is 99.2 Å². The summed E-state index contributed by atoms with van der Waals surface area (Å²) in [7, 11) is -1.69. The van der Waals surface area contributed by atoms with Crippen molar-refractivity contribution in [2.45, 2.75) is 44.1 Å². The average molecular weight is 502 g/mol.